The van der Waals surface area contributed by atoms with Crippen molar-refractivity contribution in [3.63, 3.8) is 0 Å². The van der Waals surface area contributed by atoms with Crippen LogP contribution in [-0.4, -0.2) is 59.3 Å². The molecule has 2 aromatic carbocycles. The number of benzene rings is 2. The Morgan fingerprint density at radius 1 is 1.00 bits per heavy atom. The van der Waals surface area contributed by atoms with Crippen LogP contribution in [0.2, 0.25) is 0 Å². The molecule has 2 amide bonds. The van der Waals surface area contributed by atoms with E-state index >= 15 is 0 Å². The number of carbonyl (C=O) groups is 2. The summed E-state index contributed by atoms with van der Waals surface area (Å²) in [4.78, 5) is 33.1. The van der Waals surface area contributed by atoms with Crippen LogP contribution in [0, 0.1) is 0 Å². The minimum Gasteiger partial charge on any atom is -0.337 e. The molecule has 0 radical (unpaired) electrons. The first-order chi connectivity index (χ1) is 14.2. The highest BCUT2D eigenvalue weighted by Gasteiger charge is 2.21. The Kier molecular flexibility index (Phi) is 5.97. The Labute approximate surface area is 173 Å². The number of para-hydroxylation sites is 2. The fourth-order valence-electron chi connectivity index (χ4n) is 3.26. The summed E-state index contributed by atoms with van der Waals surface area (Å²) in [6.07, 6.45) is 3.38. The third-order valence-electron chi connectivity index (χ3n) is 4.79. The number of anilines is 1. The van der Waals surface area contributed by atoms with Gasteiger partial charge in [-0.15, -0.1) is 11.3 Å². The minimum absolute atomic E-state index is 0.0161. The molecule has 0 unspecified atom stereocenters. The Morgan fingerprint density at radius 3 is 2.48 bits per heavy atom. The highest BCUT2D eigenvalue weighted by atomic mass is 32.1. The molecule has 0 aliphatic carbocycles. The Balaban J connectivity index is 1.25. The predicted molar refractivity (Wildman–Crippen MR) is 117 cm³/mol. The van der Waals surface area contributed by atoms with Crippen LogP contribution >= 0.6 is 11.3 Å². The van der Waals surface area contributed by atoms with E-state index in [2.05, 4.69) is 15.2 Å². The third kappa shape index (κ3) is 5.07. The highest BCUT2D eigenvalue weighted by Crippen LogP contribution is 2.22. The van der Waals surface area contributed by atoms with Crippen molar-refractivity contribution in [3.8, 4) is 0 Å². The zero-order valence-electron chi connectivity index (χ0n) is 16.0. The number of nitrogens with one attached hydrogen (secondary N) is 1. The molecule has 1 aliphatic heterocycles. The van der Waals surface area contributed by atoms with Crippen LogP contribution in [0.5, 0.6) is 0 Å². The normalized spacial score (nSPS) is 15.1. The Morgan fingerprint density at radius 2 is 1.72 bits per heavy atom. The van der Waals surface area contributed by atoms with Gasteiger partial charge in [0.25, 0.3) is 0 Å². The van der Waals surface area contributed by atoms with E-state index in [1.807, 2.05) is 59.5 Å². The van der Waals surface area contributed by atoms with Gasteiger partial charge in [0, 0.05) is 37.9 Å². The first-order valence-electron chi connectivity index (χ1n) is 9.57. The summed E-state index contributed by atoms with van der Waals surface area (Å²) in [5, 5.41) is 3.72. The molecule has 29 heavy (non-hydrogen) atoms. The smallest absolute Gasteiger partial charge is 0.246 e. The average Bonchev–Trinajstić information content (AvgIpc) is 3.16. The number of amides is 2. The molecule has 7 heteroatoms. The van der Waals surface area contributed by atoms with Crippen molar-refractivity contribution in [2.24, 2.45) is 0 Å². The largest absolute Gasteiger partial charge is 0.337 e. The molecule has 3 aromatic rings. The summed E-state index contributed by atoms with van der Waals surface area (Å²) in [6, 6.07) is 17.4. The number of fused-ring (bicyclic) bond motifs is 1. The summed E-state index contributed by atoms with van der Waals surface area (Å²) >= 11 is 1.57. The topological polar surface area (TPSA) is 65.5 Å². The van der Waals surface area contributed by atoms with E-state index in [0.29, 0.717) is 32.7 Å². The third-order valence-corrected chi connectivity index (χ3v) is 5.79. The zero-order chi connectivity index (χ0) is 20.1. The van der Waals surface area contributed by atoms with Gasteiger partial charge in [-0.1, -0.05) is 30.3 Å². The molecule has 1 saturated heterocycles. The number of aromatic nitrogens is 1. The van der Waals surface area contributed by atoms with E-state index in [-0.39, 0.29) is 11.8 Å². The van der Waals surface area contributed by atoms with Crippen LogP contribution in [0.1, 0.15) is 5.01 Å². The van der Waals surface area contributed by atoms with Crippen LogP contribution in [0.3, 0.4) is 0 Å². The van der Waals surface area contributed by atoms with E-state index in [4.69, 9.17) is 0 Å². The molecule has 0 saturated carbocycles. The molecule has 6 nitrogen and oxygen atoms in total. The van der Waals surface area contributed by atoms with Crippen molar-refractivity contribution in [3.05, 3.63) is 65.7 Å². The van der Waals surface area contributed by atoms with Gasteiger partial charge < -0.3 is 10.2 Å². The van der Waals surface area contributed by atoms with E-state index in [1.54, 1.807) is 23.5 Å². The fraction of sp³-hybridized carbons (Fsp3) is 0.227. The van der Waals surface area contributed by atoms with E-state index < -0.39 is 0 Å². The first-order valence-corrected chi connectivity index (χ1v) is 10.4. The van der Waals surface area contributed by atoms with Crippen LogP contribution < -0.4 is 5.32 Å². The van der Waals surface area contributed by atoms with Crippen molar-refractivity contribution in [1.29, 1.82) is 0 Å². The molecular weight excluding hydrogens is 384 g/mol. The van der Waals surface area contributed by atoms with E-state index in [9.17, 15) is 9.59 Å². The maximum atomic E-state index is 12.5. The monoisotopic (exact) mass is 406 g/mol. The molecule has 1 aliphatic rings. The second kappa shape index (κ2) is 8.98. The highest BCUT2D eigenvalue weighted by molar-refractivity contribution is 7.19. The maximum absolute atomic E-state index is 12.5. The molecular formula is C22H22N4O2S. The lowest BCUT2D eigenvalue weighted by Crippen LogP contribution is -2.50. The van der Waals surface area contributed by atoms with E-state index in [0.717, 1.165) is 20.9 Å². The number of hydrogen-bond donors (Lipinski definition) is 1. The van der Waals surface area contributed by atoms with Crippen LogP contribution in [0.15, 0.2) is 60.7 Å². The average molecular weight is 407 g/mol. The number of piperazine rings is 1. The van der Waals surface area contributed by atoms with Crippen molar-refractivity contribution in [2.45, 2.75) is 0 Å². The molecule has 1 fully saturated rings. The second-order valence-corrected chi connectivity index (χ2v) is 7.93. The van der Waals surface area contributed by atoms with Gasteiger partial charge >= 0.3 is 0 Å². The number of hydrogen-bond acceptors (Lipinski definition) is 5. The van der Waals surface area contributed by atoms with Crippen LogP contribution in [0.25, 0.3) is 16.3 Å². The molecule has 0 atom stereocenters. The summed E-state index contributed by atoms with van der Waals surface area (Å²) in [5.74, 6) is -0.0515. The minimum atomic E-state index is -0.0355. The molecule has 2 heterocycles. The lowest BCUT2D eigenvalue weighted by molar-refractivity contribution is -0.127. The number of thiazole rings is 1. The summed E-state index contributed by atoms with van der Waals surface area (Å²) < 4.78 is 1.11. The molecule has 1 aromatic heterocycles. The Hall–Kier alpha value is -3.03. The van der Waals surface area contributed by atoms with Gasteiger partial charge in [0.1, 0.15) is 5.01 Å². The van der Waals surface area contributed by atoms with Crippen molar-refractivity contribution in [1.82, 2.24) is 14.8 Å². The summed E-state index contributed by atoms with van der Waals surface area (Å²) in [6.45, 7) is 2.92. The fourth-order valence-corrected chi connectivity index (χ4v) is 4.13. The molecule has 0 bridgehead atoms. The van der Waals surface area contributed by atoms with Gasteiger partial charge in [0.2, 0.25) is 11.8 Å². The predicted octanol–water partition coefficient (Wildman–Crippen LogP) is 3.09. The lowest BCUT2D eigenvalue weighted by atomic mass is 10.3. The van der Waals surface area contributed by atoms with Crippen molar-refractivity contribution >= 4 is 45.1 Å². The first kappa shape index (κ1) is 19.3. The SMILES string of the molecule is O=C(CN1CCN(C(=O)/C=C/c2nc3ccccc3s2)CC1)Nc1ccccc1. The molecule has 148 valence electrons. The second-order valence-electron chi connectivity index (χ2n) is 6.87. The zero-order valence-corrected chi connectivity index (χ0v) is 16.8. The molecule has 1 N–H and O–H groups in total. The summed E-state index contributed by atoms with van der Waals surface area (Å²) in [7, 11) is 0. The van der Waals surface area contributed by atoms with Crippen LogP contribution in [0.4, 0.5) is 5.69 Å². The Bertz CT molecular complexity index is 990. The van der Waals surface area contributed by atoms with E-state index in [1.165, 1.54) is 0 Å². The summed E-state index contributed by atoms with van der Waals surface area (Å²) in [5.41, 5.74) is 1.75. The van der Waals surface area contributed by atoms with Crippen molar-refractivity contribution in [2.75, 3.05) is 38.0 Å². The quantitative estimate of drug-likeness (QED) is 0.662. The van der Waals surface area contributed by atoms with Gasteiger partial charge in [0.05, 0.1) is 16.8 Å². The number of carbonyl (C=O) groups excluding carboxylic acids is 2. The van der Waals surface area contributed by atoms with Gasteiger partial charge in [-0.3, -0.25) is 14.5 Å². The molecule has 4 rings (SSSR count). The van der Waals surface area contributed by atoms with Gasteiger partial charge in [0.15, 0.2) is 0 Å². The number of rotatable bonds is 5. The van der Waals surface area contributed by atoms with Gasteiger partial charge in [-0.2, -0.15) is 0 Å². The standard InChI is InChI=1S/C22H22N4O2S/c27-20(23-17-6-2-1-3-7-17)16-25-12-14-26(15-13-25)22(28)11-10-21-24-18-8-4-5-9-19(18)29-21/h1-11H,12-16H2,(H,23,27)/b11-10+. The van der Waals surface area contributed by atoms with Crippen molar-refractivity contribution < 1.29 is 9.59 Å². The van der Waals surface area contributed by atoms with Gasteiger partial charge in [-0.25, -0.2) is 4.98 Å². The number of nitrogens with zero attached hydrogens (tertiary/aromatic N) is 3. The van der Waals surface area contributed by atoms with Gasteiger partial charge in [-0.05, 0) is 30.3 Å². The maximum Gasteiger partial charge on any atom is 0.246 e. The lowest BCUT2D eigenvalue weighted by Gasteiger charge is -2.33. The van der Waals surface area contributed by atoms with Crippen LogP contribution in [-0.2, 0) is 9.59 Å². The molecule has 0 spiro atoms.